The van der Waals surface area contributed by atoms with Crippen LogP contribution in [-0.4, -0.2) is 6.54 Å². The third-order valence-corrected chi connectivity index (χ3v) is 2.66. The van der Waals surface area contributed by atoms with Gasteiger partial charge in [0, 0.05) is 12.7 Å². The second-order valence-electron chi connectivity index (χ2n) is 4.24. The van der Waals surface area contributed by atoms with Gasteiger partial charge in [-0.25, -0.2) is 0 Å². The Balaban J connectivity index is 0.000000136. The molecule has 0 aliphatic carbocycles. The molecule has 0 fully saturated rings. The van der Waals surface area contributed by atoms with Crippen LogP contribution >= 0.6 is 0 Å². The van der Waals surface area contributed by atoms with Crippen LogP contribution in [0.1, 0.15) is 12.5 Å². The Morgan fingerprint density at radius 1 is 1.00 bits per heavy atom. The zero-order chi connectivity index (χ0) is 12.1. The highest BCUT2D eigenvalue weighted by molar-refractivity contribution is 5.42. The van der Waals surface area contributed by atoms with Gasteiger partial charge < -0.3 is 10.6 Å². The van der Waals surface area contributed by atoms with Crippen molar-refractivity contribution in [3.05, 3.63) is 71.2 Å². The Kier molecular flexibility index (Phi) is 3.66. The third-order valence-electron chi connectivity index (χ3n) is 2.66. The maximum Gasteiger partial charge on any atom is 0.0593 e. The summed E-state index contributed by atoms with van der Waals surface area (Å²) in [6.45, 7) is 5.12. The van der Waals surface area contributed by atoms with Crippen molar-refractivity contribution < 1.29 is 0 Å². The average Bonchev–Trinajstić information content (AvgIpc) is 2.78. The molecule has 0 unspecified atom stereocenters. The predicted octanol–water partition coefficient (Wildman–Crippen LogP) is 2.86. The molecule has 17 heavy (non-hydrogen) atoms. The molecule has 0 aromatic heterocycles. The first-order chi connectivity index (χ1) is 8.25. The van der Waals surface area contributed by atoms with Crippen LogP contribution in [0.3, 0.4) is 0 Å². The molecule has 1 aromatic carbocycles. The number of dihydropyridines is 1. The van der Waals surface area contributed by atoms with Gasteiger partial charge in [-0.3, -0.25) is 0 Å². The quantitative estimate of drug-likeness (QED) is 0.711. The maximum atomic E-state index is 3.25. The van der Waals surface area contributed by atoms with Gasteiger partial charge in [0.2, 0.25) is 0 Å². The summed E-state index contributed by atoms with van der Waals surface area (Å²) in [6.07, 6.45) is 6.31. The van der Waals surface area contributed by atoms with Gasteiger partial charge in [0.15, 0.2) is 0 Å². The van der Waals surface area contributed by atoms with Crippen molar-refractivity contribution in [2.45, 2.75) is 13.8 Å². The molecule has 2 N–H and O–H groups in total. The molecular weight excluding hydrogens is 208 g/mol. The summed E-state index contributed by atoms with van der Waals surface area (Å²) in [5.41, 5.74) is 5.02. The van der Waals surface area contributed by atoms with E-state index in [4.69, 9.17) is 0 Å². The topological polar surface area (TPSA) is 24.1 Å². The van der Waals surface area contributed by atoms with E-state index < -0.39 is 0 Å². The van der Waals surface area contributed by atoms with E-state index in [-0.39, 0.29) is 0 Å². The summed E-state index contributed by atoms with van der Waals surface area (Å²) in [4.78, 5) is 0. The summed E-state index contributed by atoms with van der Waals surface area (Å²) in [5, 5.41) is 6.45. The van der Waals surface area contributed by atoms with Gasteiger partial charge in [0.25, 0.3) is 0 Å². The summed E-state index contributed by atoms with van der Waals surface area (Å²) in [5.74, 6) is 0. The number of allylic oxidation sites excluding steroid dienone is 2. The largest absolute Gasteiger partial charge is 0.380 e. The zero-order valence-corrected chi connectivity index (χ0v) is 10.3. The number of hydrogen-bond donors (Lipinski definition) is 2. The van der Waals surface area contributed by atoms with E-state index in [2.05, 4.69) is 48.8 Å². The molecule has 2 aliphatic heterocycles. The van der Waals surface area contributed by atoms with Crippen molar-refractivity contribution in [2.24, 2.45) is 0 Å². The van der Waals surface area contributed by atoms with Gasteiger partial charge in [0.1, 0.15) is 0 Å². The standard InChI is InChI=1S/C8H10N2.C7H8/c1-6-4-8-7(10-5-6)2-3-9-8;1-7-5-3-2-4-6-7/h2,4-5,9-10H,3H2,1H3;2-6H,1H3. The first-order valence-electron chi connectivity index (χ1n) is 5.87. The first kappa shape index (κ1) is 11.5. The fraction of sp³-hybridized carbons (Fsp3) is 0.200. The fourth-order valence-electron chi connectivity index (χ4n) is 1.73. The lowest BCUT2D eigenvalue weighted by Gasteiger charge is -2.11. The van der Waals surface area contributed by atoms with Crippen LogP contribution in [0.2, 0.25) is 0 Å². The second-order valence-corrected chi connectivity index (χ2v) is 4.24. The maximum absolute atomic E-state index is 3.25. The normalized spacial score (nSPS) is 16.2. The van der Waals surface area contributed by atoms with Crippen molar-refractivity contribution in [1.82, 2.24) is 10.6 Å². The predicted molar refractivity (Wildman–Crippen MR) is 72.2 cm³/mol. The molecule has 3 rings (SSSR count). The molecule has 88 valence electrons. The molecule has 2 nitrogen and oxygen atoms in total. The van der Waals surface area contributed by atoms with E-state index in [0.29, 0.717) is 0 Å². The monoisotopic (exact) mass is 226 g/mol. The van der Waals surface area contributed by atoms with E-state index in [1.807, 2.05) is 24.4 Å². The Morgan fingerprint density at radius 2 is 1.76 bits per heavy atom. The molecule has 0 bridgehead atoms. The van der Waals surface area contributed by atoms with Crippen LogP contribution in [0.25, 0.3) is 0 Å². The molecule has 0 amide bonds. The molecule has 0 atom stereocenters. The molecule has 2 aliphatic rings. The van der Waals surface area contributed by atoms with Crippen LogP contribution < -0.4 is 10.6 Å². The fourth-order valence-corrected chi connectivity index (χ4v) is 1.73. The second kappa shape index (κ2) is 5.39. The molecule has 0 saturated carbocycles. The minimum absolute atomic E-state index is 0.954. The first-order valence-corrected chi connectivity index (χ1v) is 5.87. The SMILES string of the molecule is CC1=CNC2=CCNC2=C1.Cc1ccccc1. The van der Waals surface area contributed by atoms with Crippen LogP contribution in [-0.2, 0) is 0 Å². The van der Waals surface area contributed by atoms with Crippen LogP contribution in [0.5, 0.6) is 0 Å². The van der Waals surface area contributed by atoms with Crippen molar-refractivity contribution in [3.63, 3.8) is 0 Å². The van der Waals surface area contributed by atoms with Gasteiger partial charge in [-0.1, -0.05) is 35.9 Å². The molecule has 2 heteroatoms. The number of nitrogens with one attached hydrogen (secondary N) is 2. The molecular formula is C15H18N2. The van der Waals surface area contributed by atoms with Crippen LogP contribution in [0.15, 0.2) is 65.7 Å². The molecule has 0 saturated heterocycles. The third kappa shape index (κ3) is 3.25. The molecule has 1 aromatic rings. The molecule has 0 spiro atoms. The Morgan fingerprint density at radius 3 is 2.41 bits per heavy atom. The Labute approximate surface area is 103 Å². The van der Waals surface area contributed by atoms with Gasteiger partial charge >= 0.3 is 0 Å². The summed E-state index contributed by atoms with van der Waals surface area (Å²) in [7, 11) is 0. The lowest BCUT2D eigenvalue weighted by atomic mass is 10.2. The van der Waals surface area contributed by atoms with Crippen LogP contribution in [0, 0.1) is 6.92 Å². The number of hydrogen-bond acceptors (Lipinski definition) is 2. The minimum atomic E-state index is 0.954. The average molecular weight is 226 g/mol. The number of benzene rings is 1. The highest BCUT2D eigenvalue weighted by Crippen LogP contribution is 2.15. The Bertz CT molecular complexity index is 467. The summed E-state index contributed by atoms with van der Waals surface area (Å²) >= 11 is 0. The van der Waals surface area contributed by atoms with Crippen molar-refractivity contribution >= 4 is 0 Å². The van der Waals surface area contributed by atoms with Crippen LogP contribution in [0.4, 0.5) is 0 Å². The highest BCUT2D eigenvalue weighted by atomic mass is 15.0. The molecule has 0 radical (unpaired) electrons. The highest BCUT2D eigenvalue weighted by Gasteiger charge is 2.11. The van der Waals surface area contributed by atoms with Gasteiger partial charge in [-0.2, -0.15) is 0 Å². The summed E-state index contributed by atoms with van der Waals surface area (Å²) in [6, 6.07) is 10.3. The summed E-state index contributed by atoms with van der Waals surface area (Å²) < 4.78 is 0. The van der Waals surface area contributed by atoms with E-state index in [9.17, 15) is 0 Å². The van der Waals surface area contributed by atoms with E-state index in [1.54, 1.807) is 0 Å². The van der Waals surface area contributed by atoms with Crippen molar-refractivity contribution in [2.75, 3.05) is 6.54 Å². The van der Waals surface area contributed by atoms with E-state index in [0.717, 1.165) is 6.54 Å². The lowest BCUT2D eigenvalue weighted by molar-refractivity contribution is 0.930. The van der Waals surface area contributed by atoms with Gasteiger partial charge in [0.05, 0.1) is 11.4 Å². The number of rotatable bonds is 0. The smallest absolute Gasteiger partial charge is 0.0593 e. The van der Waals surface area contributed by atoms with Crippen molar-refractivity contribution in [1.29, 1.82) is 0 Å². The molecule has 2 heterocycles. The van der Waals surface area contributed by atoms with E-state index >= 15 is 0 Å². The van der Waals surface area contributed by atoms with Gasteiger partial charge in [-0.05, 0) is 31.6 Å². The number of aryl methyl sites for hydroxylation is 1. The van der Waals surface area contributed by atoms with Crippen molar-refractivity contribution in [3.8, 4) is 0 Å². The van der Waals surface area contributed by atoms with Gasteiger partial charge in [-0.15, -0.1) is 0 Å². The minimum Gasteiger partial charge on any atom is -0.380 e. The lowest BCUT2D eigenvalue weighted by Crippen LogP contribution is -2.16. The Hall–Kier alpha value is -1.96. The zero-order valence-electron chi connectivity index (χ0n) is 10.3. The van der Waals surface area contributed by atoms with E-state index in [1.165, 1.54) is 22.5 Å². The number of fused-ring (bicyclic) bond motifs is 1.